The van der Waals surface area contributed by atoms with Gasteiger partial charge in [0.1, 0.15) is 24.9 Å². The van der Waals surface area contributed by atoms with Crippen LogP contribution in [0.25, 0.3) is 0 Å². The van der Waals surface area contributed by atoms with Crippen LogP contribution in [0.5, 0.6) is 0 Å². The molecule has 0 saturated carbocycles. The van der Waals surface area contributed by atoms with Crippen LogP contribution in [0, 0.1) is 5.82 Å². The maximum atomic E-state index is 13.4. The van der Waals surface area contributed by atoms with Crippen molar-refractivity contribution in [1.29, 1.82) is 0 Å². The maximum Gasteiger partial charge on any atom is 0.137 e. The van der Waals surface area contributed by atoms with Gasteiger partial charge in [-0.1, -0.05) is 18.2 Å². The van der Waals surface area contributed by atoms with E-state index in [2.05, 4.69) is 12.2 Å². The van der Waals surface area contributed by atoms with Crippen molar-refractivity contribution < 1.29 is 14.6 Å². The Morgan fingerprint density at radius 1 is 1.41 bits per heavy atom. The highest BCUT2D eigenvalue weighted by Crippen LogP contribution is 2.03. The molecular formula is C14H23FN2+2. The molecule has 3 N–H and O–H groups in total. The molecule has 0 radical (unpaired) electrons. The molecule has 0 aliphatic carbocycles. The highest BCUT2D eigenvalue weighted by Gasteiger charge is 2.28. The van der Waals surface area contributed by atoms with E-state index in [0.29, 0.717) is 0 Å². The third-order valence-electron chi connectivity index (χ3n) is 3.86. The molecule has 1 saturated heterocycles. The molecule has 3 heteroatoms. The summed E-state index contributed by atoms with van der Waals surface area (Å²) in [5.41, 5.74) is 0.823. The molecule has 1 aromatic rings. The van der Waals surface area contributed by atoms with Crippen molar-refractivity contribution >= 4 is 0 Å². The second kappa shape index (κ2) is 6.12. The lowest BCUT2D eigenvalue weighted by atomic mass is 10.2. The summed E-state index contributed by atoms with van der Waals surface area (Å²) in [6, 6.07) is 7.85. The van der Waals surface area contributed by atoms with E-state index in [9.17, 15) is 4.39 Å². The van der Waals surface area contributed by atoms with E-state index in [4.69, 9.17) is 0 Å². The number of rotatable bonds is 5. The van der Waals surface area contributed by atoms with E-state index in [-0.39, 0.29) is 5.82 Å². The molecular weight excluding hydrogens is 215 g/mol. The van der Waals surface area contributed by atoms with Crippen LogP contribution in [0.15, 0.2) is 24.3 Å². The molecule has 1 fully saturated rings. The number of likely N-dealkylation sites (tertiary alicyclic amines) is 1. The standard InChI is InChI=1S/C14H21FN2/c1-2-17-9-5-7-13(17)11-16-10-12-6-3-4-8-14(12)15/h3-4,6,8,13,16H,2,5,7,9-11H2,1H3/p+2/t13-/m0/s1. The van der Waals surface area contributed by atoms with E-state index in [1.54, 1.807) is 17.0 Å². The first-order valence-corrected chi connectivity index (χ1v) is 6.71. The molecule has 1 aliphatic heterocycles. The van der Waals surface area contributed by atoms with Gasteiger partial charge in [0, 0.05) is 18.4 Å². The van der Waals surface area contributed by atoms with Crippen molar-refractivity contribution in [1.82, 2.24) is 0 Å². The number of quaternary nitrogens is 2. The largest absolute Gasteiger partial charge is 0.337 e. The van der Waals surface area contributed by atoms with E-state index < -0.39 is 0 Å². The van der Waals surface area contributed by atoms with Crippen molar-refractivity contribution in [3.05, 3.63) is 35.6 Å². The molecule has 1 aliphatic rings. The molecule has 2 rings (SSSR count). The molecule has 0 aromatic heterocycles. The number of hydrogen-bond acceptors (Lipinski definition) is 0. The third kappa shape index (κ3) is 3.27. The Kier molecular flexibility index (Phi) is 4.51. The van der Waals surface area contributed by atoms with E-state index in [1.807, 2.05) is 12.1 Å². The summed E-state index contributed by atoms with van der Waals surface area (Å²) in [5, 5.41) is 2.25. The fraction of sp³-hybridized carbons (Fsp3) is 0.571. The SMILES string of the molecule is CC[NH+]1CCC[C@H]1C[NH2+]Cc1ccccc1F. The summed E-state index contributed by atoms with van der Waals surface area (Å²) < 4.78 is 13.4. The zero-order valence-corrected chi connectivity index (χ0v) is 10.6. The summed E-state index contributed by atoms with van der Waals surface area (Å²) in [4.78, 5) is 1.72. The minimum absolute atomic E-state index is 0.0742. The second-order valence-corrected chi connectivity index (χ2v) is 4.92. The van der Waals surface area contributed by atoms with Crippen LogP contribution in [0.4, 0.5) is 4.39 Å². The zero-order valence-electron chi connectivity index (χ0n) is 10.6. The van der Waals surface area contributed by atoms with Gasteiger partial charge >= 0.3 is 0 Å². The van der Waals surface area contributed by atoms with Gasteiger partial charge in [0.25, 0.3) is 0 Å². The van der Waals surface area contributed by atoms with Crippen molar-refractivity contribution in [2.75, 3.05) is 19.6 Å². The summed E-state index contributed by atoms with van der Waals surface area (Å²) >= 11 is 0. The number of likely N-dealkylation sites (N-methyl/N-ethyl adjacent to an activating group) is 1. The summed E-state index contributed by atoms with van der Waals surface area (Å²) in [6.07, 6.45) is 2.68. The number of nitrogens with one attached hydrogen (secondary N) is 1. The lowest BCUT2D eigenvalue weighted by Crippen LogP contribution is -3.16. The zero-order chi connectivity index (χ0) is 12.1. The molecule has 0 spiro atoms. The van der Waals surface area contributed by atoms with E-state index in [0.717, 1.165) is 24.7 Å². The summed E-state index contributed by atoms with van der Waals surface area (Å²) in [6.45, 7) is 6.68. The molecule has 2 atom stereocenters. The monoisotopic (exact) mass is 238 g/mol. The lowest BCUT2D eigenvalue weighted by molar-refractivity contribution is -0.925. The van der Waals surface area contributed by atoms with Gasteiger partial charge in [-0.25, -0.2) is 4.39 Å². The predicted octanol–water partition coefficient (Wildman–Crippen LogP) is -0.0437. The van der Waals surface area contributed by atoms with Gasteiger partial charge in [-0.05, 0) is 13.0 Å². The van der Waals surface area contributed by atoms with Gasteiger partial charge in [-0.3, -0.25) is 0 Å². The molecule has 0 amide bonds. The number of hydrogen-bond donors (Lipinski definition) is 2. The Hall–Kier alpha value is -0.930. The lowest BCUT2D eigenvalue weighted by Gasteiger charge is -2.18. The third-order valence-corrected chi connectivity index (χ3v) is 3.86. The number of nitrogens with two attached hydrogens (primary N) is 1. The first kappa shape index (κ1) is 12.5. The first-order valence-electron chi connectivity index (χ1n) is 6.71. The highest BCUT2D eigenvalue weighted by molar-refractivity contribution is 5.15. The summed E-state index contributed by atoms with van der Waals surface area (Å²) in [7, 11) is 0. The Labute approximate surface area is 103 Å². The fourth-order valence-corrected chi connectivity index (χ4v) is 2.84. The Bertz CT molecular complexity index is 354. The maximum absolute atomic E-state index is 13.4. The molecule has 2 nitrogen and oxygen atoms in total. The first-order chi connectivity index (χ1) is 8.31. The fourth-order valence-electron chi connectivity index (χ4n) is 2.84. The van der Waals surface area contributed by atoms with Crippen molar-refractivity contribution in [2.45, 2.75) is 32.4 Å². The van der Waals surface area contributed by atoms with Crippen molar-refractivity contribution in [2.24, 2.45) is 0 Å². The van der Waals surface area contributed by atoms with Gasteiger partial charge in [0.2, 0.25) is 0 Å². The van der Waals surface area contributed by atoms with Crippen LogP contribution < -0.4 is 10.2 Å². The highest BCUT2D eigenvalue weighted by atomic mass is 19.1. The smallest absolute Gasteiger partial charge is 0.137 e. The van der Waals surface area contributed by atoms with Gasteiger partial charge in [-0.2, -0.15) is 0 Å². The number of halogens is 1. The van der Waals surface area contributed by atoms with Gasteiger partial charge in [-0.15, -0.1) is 0 Å². The Morgan fingerprint density at radius 2 is 2.24 bits per heavy atom. The van der Waals surface area contributed by atoms with Crippen LogP contribution in [0.3, 0.4) is 0 Å². The average molecular weight is 238 g/mol. The predicted molar refractivity (Wildman–Crippen MR) is 66.3 cm³/mol. The Morgan fingerprint density at radius 3 is 3.00 bits per heavy atom. The quantitative estimate of drug-likeness (QED) is 0.718. The van der Waals surface area contributed by atoms with Gasteiger partial charge < -0.3 is 10.2 Å². The molecule has 17 heavy (non-hydrogen) atoms. The minimum atomic E-state index is -0.0742. The van der Waals surface area contributed by atoms with Crippen LogP contribution in [0.2, 0.25) is 0 Å². The molecule has 94 valence electrons. The van der Waals surface area contributed by atoms with Crippen LogP contribution in [0.1, 0.15) is 25.3 Å². The summed E-state index contributed by atoms with van der Waals surface area (Å²) in [5.74, 6) is -0.0742. The van der Waals surface area contributed by atoms with E-state index in [1.165, 1.54) is 25.9 Å². The Balaban J connectivity index is 1.78. The van der Waals surface area contributed by atoms with E-state index >= 15 is 0 Å². The molecule has 0 bridgehead atoms. The van der Waals surface area contributed by atoms with Crippen LogP contribution >= 0.6 is 0 Å². The van der Waals surface area contributed by atoms with Crippen LogP contribution in [-0.2, 0) is 6.54 Å². The van der Waals surface area contributed by atoms with Gasteiger partial charge in [0.15, 0.2) is 0 Å². The van der Waals surface area contributed by atoms with Crippen molar-refractivity contribution in [3.8, 4) is 0 Å². The second-order valence-electron chi connectivity index (χ2n) is 4.92. The number of benzene rings is 1. The normalized spacial score (nSPS) is 24.1. The molecule has 1 aromatic carbocycles. The molecule has 1 unspecified atom stereocenters. The van der Waals surface area contributed by atoms with Crippen molar-refractivity contribution in [3.63, 3.8) is 0 Å². The van der Waals surface area contributed by atoms with Gasteiger partial charge in [0.05, 0.1) is 13.1 Å². The minimum Gasteiger partial charge on any atom is -0.337 e. The van der Waals surface area contributed by atoms with Crippen LogP contribution in [-0.4, -0.2) is 25.7 Å². The average Bonchev–Trinajstić information content (AvgIpc) is 2.79. The molecule has 1 heterocycles. The topological polar surface area (TPSA) is 21.1 Å².